The first-order valence-electron chi connectivity index (χ1n) is 10.3. The predicted octanol–water partition coefficient (Wildman–Crippen LogP) is 2.84. The summed E-state index contributed by atoms with van der Waals surface area (Å²) in [5, 5.41) is 4.49. The van der Waals surface area contributed by atoms with E-state index in [0.717, 1.165) is 29.1 Å². The van der Waals surface area contributed by atoms with Crippen molar-refractivity contribution in [2.24, 2.45) is 0 Å². The molecule has 10 heteroatoms. The first-order chi connectivity index (χ1) is 15.8. The maximum Gasteiger partial charge on any atom is 0.340 e. The van der Waals surface area contributed by atoms with Crippen LogP contribution in [-0.4, -0.2) is 41.2 Å². The van der Waals surface area contributed by atoms with Gasteiger partial charge in [0.2, 0.25) is 5.91 Å². The number of hydrogen-bond acceptors (Lipinski definition) is 7. The van der Waals surface area contributed by atoms with Crippen LogP contribution >= 0.6 is 11.3 Å². The topological polar surface area (TPSA) is 109 Å². The fourth-order valence-corrected chi connectivity index (χ4v) is 4.89. The molecule has 0 bridgehead atoms. The van der Waals surface area contributed by atoms with E-state index in [0.29, 0.717) is 29.9 Å². The van der Waals surface area contributed by atoms with Gasteiger partial charge < -0.3 is 19.4 Å². The van der Waals surface area contributed by atoms with E-state index in [-0.39, 0.29) is 28.5 Å². The first kappa shape index (κ1) is 22.5. The van der Waals surface area contributed by atoms with Gasteiger partial charge in [0.15, 0.2) is 0 Å². The van der Waals surface area contributed by atoms with Crippen LogP contribution in [0.15, 0.2) is 34.4 Å². The molecule has 0 aliphatic carbocycles. The van der Waals surface area contributed by atoms with Gasteiger partial charge in [-0.15, -0.1) is 0 Å². The number of hydrogen-bond donors (Lipinski definition) is 1. The molecule has 9 nitrogen and oxygen atoms in total. The number of nitrogens with one attached hydrogen (secondary N) is 1. The summed E-state index contributed by atoms with van der Waals surface area (Å²) in [5.41, 5.74) is 3.75. The summed E-state index contributed by atoms with van der Waals surface area (Å²) in [4.78, 5) is 49.2. The van der Waals surface area contributed by atoms with Crippen molar-refractivity contribution in [1.29, 1.82) is 0 Å². The monoisotopic (exact) mass is 469 g/mol. The number of nitrogens with zero attached hydrogens (tertiary/aromatic N) is 2. The number of aryl methyl sites for hydroxylation is 1. The largest absolute Gasteiger partial charge is 0.465 e. The molecule has 0 saturated heterocycles. The number of carbonyl (C=O) groups is 3. The Balaban J connectivity index is 1.65. The van der Waals surface area contributed by atoms with Gasteiger partial charge >= 0.3 is 16.8 Å². The Morgan fingerprint density at radius 3 is 2.33 bits per heavy atom. The second-order valence-electron chi connectivity index (χ2n) is 7.64. The molecule has 0 saturated carbocycles. The molecule has 1 aliphatic heterocycles. The van der Waals surface area contributed by atoms with Crippen LogP contribution in [-0.2, 0) is 33.8 Å². The second-order valence-corrected chi connectivity index (χ2v) is 8.46. The number of fused-ring (bicyclic) bond motifs is 1. The van der Waals surface area contributed by atoms with Crippen LogP contribution in [0.3, 0.4) is 0 Å². The Bertz CT molecular complexity index is 1300. The minimum absolute atomic E-state index is 0.0723. The van der Waals surface area contributed by atoms with E-state index < -0.39 is 11.9 Å². The van der Waals surface area contributed by atoms with Gasteiger partial charge in [0.25, 0.3) is 0 Å². The lowest BCUT2D eigenvalue weighted by Crippen LogP contribution is -2.25. The van der Waals surface area contributed by atoms with E-state index in [4.69, 9.17) is 9.47 Å². The molecule has 3 heterocycles. The third-order valence-corrected chi connectivity index (χ3v) is 6.55. The lowest BCUT2D eigenvalue weighted by molar-refractivity contribution is -0.116. The standard InChI is InChI=1S/C23H23N3O6S/c1-13-12-33-23(30)26(13)11-17(27)24-15-8-6-14(7-9-15)20-19(22(29)32-3)18(21(28)31-2)16-5-4-10-25(16)20/h6-9,12H,4-5,10-11H2,1-3H3,(H,24,27). The zero-order valence-electron chi connectivity index (χ0n) is 18.5. The van der Waals surface area contributed by atoms with Crippen LogP contribution in [0.2, 0.25) is 0 Å². The second kappa shape index (κ2) is 9.07. The Labute approximate surface area is 193 Å². The molecule has 1 aromatic carbocycles. The Morgan fingerprint density at radius 2 is 1.73 bits per heavy atom. The van der Waals surface area contributed by atoms with Crippen molar-refractivity contribution in [1.82, 2.24) is 9.13 Å². The summed E-state index contributed by atoms with van der Waals surface area (Å²) in [7, 11) is 2.56. The molecule has 0 unspecified atom stereocenters. The third-order valence-electron chi connectivity index (χ3n) is 5.67. The zero-order chi connectivity index (χ0) is 23.7. The molecule has 0 radical (unpaired) electrons. The molecule has 0 atom stereocenters. The molecule has 33 heavy (non-hydrogen) atoms. The number of thiazole rings is 1. The minimum atomic E-state index is -0.610. The van der Waals surface area contributed by atoms with Gasteiger partial charge in [0.05, 0.1) is 25.5 Å². The molecule has 172 valence electrons. The smallest absolute Gasteiger partial charge is 0.340 e. The SMILES string of the molecule is COC(=O)c1c(C(=O)OC)c(-c2ccc(NC(=O)Cn3c(C)csc3=O)cc2)n2c1CCC2. The quantitative estimate of drug-likeness (QED) is 0.556. The van der Waals surface area contributed by atoms with Crippen molar-refractivity contribution in [2.45, 2.75) is 32.9 Å². The van der Waals surface area contributed by atoms with Crippen molar-refractivity contribution in [3.63, 3.8) is 0 Å². The number of benzene rings is 1. The van der Waals surface area contributed by atoms with Crippen LogP contribution in [0.25, 0.3) is 11.3 Å². The number of esters is 2. The average Bonchev–Trinajstić information content (AvgIpc) is 3.49. The van der Waals surface area contributed by atoms with Crippen LogP contribution in [0.5, 0.6) is 0 Å². The molecule has 1 N–H and O–H groups in total. The van der Waals surface area contributed by atoms with E-state index in [9.17, 15) is 19.2 Å². The normalized spacial score (nSPS) is 12.3. The van der Waals surface area contributed by atoms with Gasteiger partial charge in [0.1, 0.15) is 12.1 Å². The summed E-state index contributed by atoms with van der Waals surface area (Å²) in [6.07, 6.45) is 1.51. The Hall–Kier alpha value is -3.66. The highest BCUT2D eigenvalue weighted by Gasteiger charge is 2.34. The summed E-state index contributed by atoms with van der Waals surface area (Å²) in [6, 6.07) is 6.96. The lowest BCUT2D eigenvalue weighted by Gasteiger charge is -2.11. The predicted molar refractivity (Wildman–Crippen MR) is 123 cm³/mol. The van der Waals surface area contributed by atoms with Crippen LogP contribution in [0.1, 0.15) is 38.5 Å². The molecule has 4 rings (SSSR count). The lowest BCUT2D eigenvalue weighted by atomic mass is 10.0. The van der Waals surface area contributed by atoms with Crippen LogP contribution < -0.4 is 10.2 Å². The third kappa shape index (κ3) is 4.09. The van der Waals surface area contributed by atoms with Gasteiger partial charge in [-0.3, -0.25) is 14.2 Å². The fraction of sp³-hybridized carbons (Fsp3) is 0.304. The summed E-state index contributed by atoms with van der Waals surface area (Å²) in [5.74, 6) is -1.51. The summed E-state index contributed by atoms with van der Waals surface area (Å²) >= 11 is 1.05. The molecule has 1 amide bonds. The number of carbonyl (C=O) groups excluding carboxylic acids is 3. The van der Waals surface area contributed by atoms with Crippen molar-refractivity contribution in [3.8, 4) is 11.3 Å². The molecular formula is C23H23N3O6S. The number of aromatic nitrogens is 2. The van der Waals surface area contributed by atoms with Crippen molar-refractivity contribution in [3.05, 3.63) is 61.8 Å². The van der Waals surface area contributed by atoms with E-state index in [1.807, 2.05) is 4.57 Å². The van der Waals surface area contributed by atoms with Gasteiger partial charge in [0, 0.05) is 29.0 Å². The number of rotatable bonds is 6. The van der Waals surface area contributed by atoms with Crippen LogP contribution in [0, 0.1) is 6.92 Å². The average molecular weight is 470 g/mol. The number of anilines is 1. The summed E-state index contributed by atoms with van der Waals surface area (Å²) < 4.78 is 13.3. The Kier molecular flexibility index (Phi) is 6.19. The van der Waals surface area contributed by atoms with E-state index in [2.05, 4.69) is 5.32 Å². The molecule has 1 aliphatic rings. The maximum atomic E-state index is 12.6. The summed E-state index contributed by atoms with van der Waals surface area (Å²) in [6.45, 7) is 2.37. The van der Waals surface area contributed by atoms with E-state index in [1.54, 1.807) is 36.6 Å². The highest BCUT2D eigenvalue weighted by atomic mass is 32.1. The Morgan fingerprint density at radius 1 is 1.06 bits per heavy atom. The molecule has 2 aromatic heterocycles. The van der Waals surface area contributed by atoms with Crippen LogP contribution in [0.4, 0.5) is 5.69 Å². The first-order valence-corrected chi connectivity index (χ1v) is 11.2. The molecule has 0 fully saturated rings. The highest BCUT2D eigenvalue weighted by Crippen LogP contribution is 2.37. The van der Waals surface area contributed by atoms with Gasteiger partial charge in [-0.05, 0) is 37.5 Å². The van der Waals surface area contributed by atoms with Crippen molar-refractivity contribution in [2.75, 3.05) is 19.5 Å². The minimum Gasteiger partial charge on any atom is -0.465 e. The number of ether oxygens (including phenoxy) is 2. The fourth-order valence-electron chi connectivity index (χ4n) is 4.15. The van der Waals surface area contributed by atoms with Crippen molar-refractivity contribution < 1.29 is 23.9 Å². The van der Waals surface area contributed by atoms with Gasteiger partial charge in [-0.25, -0.2) is 9.59 Å². The van der Waals surface area contributed by atoms with E-state index in [1.165, 1.54) is 18.8 Å². The molecule has 0 spiro atoms. The van der Waals surface area contributed by atoms with Crippen molar-refractivity contribution >= 4 is 34.9 Å². The number of methoxy groups -OCH3 is 2. The van der Waals surface area contributed by atoms with E-state index >= 15 is 0 Å². The van der Waals surface area contributed by atoms with Gasteiger partial charge in [-0.2, -0.15) is 0 Å². The maximum absolute atomic E-state index is 12.6. The number of amides is 1. The molecule has 3 aromatic rings. The molecular weight excluding hydrogens is 446 g/mol. The van der Waals surface area contributed by atoms with Gasteiger partial charge in [-0.1, -0.05) is 23.5 Å². The zero-order valence-corrected chi connectivity index (χ0v) is 19.3. The highest BCUT2D eigenvalue weighted by molar-refractivity contribution is 7.07.